The van der Waals surface area contributed by atoms with Crippen molar-refractivity contribution in [1.82, 2.24) is 0 Å². The average Bonchev–Trinajstić information content (AvgIpc) is 0.722. The summed E-state index contributed by atoms with van der Waals surface area (Å²) in [5.41, 5.74) is 0. The van der Waals surface area contributed by atoms with Gasteiger partial charge in [-0.15, -0.1) is 0 Å². The topological polar surface area (TPSA) is 0 Å². The van der Waals surface area contributed by atoms with Gasteiger partial charge in [0.2, 0.25) is 0 Å². The minimum Gasteiger partial charge on any atom is -0.645 e. The zero-order valence-electron chi connectivity index (χ0n) is 4.45. The van der Waals surface area contributed by atoms with Crippen LogP contribution in [0.25, 0.3) is 0 Å². The molecule has 0 spiro atoms. The van der Waals surface area contributed by atoms with E-state index in [1.165, 1.54) is 0 Å². The van der Waals surface area contributed by atoms with Crippen molar-refractivity contribution in [1.29, 1.82) is 0 Å². The van der Waals surface area contributed by atoms with Gasteiger partial charge in [0.25, 0.3) is 0 Å². The van der Waals surface area contributed by atoms with E-state index in [1.54, 1.807) is 0 Å². The van der Waals surface area contributed by atoms with Crippen molar-refractivity contribution in [3.8, 4) is 0 Å². The Bertz CT molecular complexity index is 19.1. The lowest BCUT2D eigenvalue weighted by Crippen LogP contribution is -2.36. The van der Waals surface area contributed by atoms with Crippen molar-refractivity contribution < 1.29 is 4.13 Å². The fraction of sp³-hybridized carbons (Fsp3) is 0. The molecule has 0 amide bonds. The van der Waals surface area contributed by atoms with Crippen LogP contribution in [-0.2, 0) is 0 Å². The Morgan fingerprint density at radius 1 is 0.800 bits per heavy atom. The predicted molar refractivity (Wildman–Crippen MR) is 34.4 cm³/mol. The molecule has 0 N–H and O–H groups in total. The van der Waals surface area contributed by atoms with Gasteiger partial charge >= 0.3 is 31.9 Å². The summed E-state index contributed by atoms with van der Waals surface area (Å²) in [4.78, 5) is 0. The lowest BCUT2D eigenvalue weighted by molar-refractivity contribution is -0.390. The molecule has 0 atom stereocenters. The van der Waals surface area contributed by atoms with Crippen LogP contribution in [0.3, 0.4) is 0 Å². The monoisotopic (exact) mass is 66.1 g/mol. The van der Waals surface area contributed by atoms with Gasteiger partial charge in [0.05, 0.1) is 0 Å². The lowest BCUT2D eigenvalue weighted by atomic mass is 9.85. The molecule has 0 aliphatic rings. The highest BCUT2D eigenvalue weighted by Gasteiger charge is 1.89. The number of rotatable bonds is 0. The maximum absolute atomic E-state index is 2.12. The highest BCUT2D eigenvalue weighted by molar-refractivity contribution is 6.41. The van der Waals surface area contributed by atoms with E-state index in [9.17, 15) is 0 Å². The van der Waals surface area contributed by atoms with Crippen LogP contribution in [0.1, 0.15) is 0 Å². The molecule has 0 radical (unpaired) electrons. The molecule has 0 saturated heterocycles. The summed E-state index contributed by atoms with van der Waals surface area (Å²) in [7, 11) is 8.50. The van der Waals surface area contributed by atoms with Gasteiger partial charge in [-0.05, 0) is 0 Å². The van der Waals surface area contributed by atoms with Gasteiger partial charge in [0.1, 0.15) is 0 Å². The highest BCUT2D eigenvalue weighted by atomic mass is 15.0. The lowest BCUT2D eigenvalue weighted by Gasteiger charge is -2.22. The molecule has 0 aliphatic carbocycles. The molecule has 0 unspecified atom stereocenters. The second kappa shape index (κ2) is 1.13. The molecule has 0 aromatic carbocycles. The fourth-order valence-electron chi connectivity index (χ4n) is 0. The quantitative estimate of drug-likeness (QED) is 0.252. The van der Waals surface area contributed by atoms with E-state index in [0.29, 0.717) is 0 Å². The van der Waals surface area contributed by atoms with Crippen LogP contribution in [0.15, 0.2) is 0 Å². The van der Waals surface area contributed by atoms with E-state index >= 15 is 0 Å². The first kappa shape index (κ1) is 5.22. The van der Waals surface area contributed by atoms with Crippen LogP contribution < -0.4 is 0 Å². The summed E-state index contributed by atoms with van der Waals surface area (Å²) in [6, 6.07) is 0. The second-order valence-electron chi connectivity index (χ2n) is 2.68. The van der Waals surface area contributed by atoms with Gasteiger partial charge in [0, 0.05) is 0 Å². The third-order valence-corrected chi connectivity index (χ3v) is 0. The molecular formula is H8B4N+. The zero-order valence-corrected chi connectivity index (χ0v) is 4.45. The summed E-state index contributed by atoms with van der Waals surface area (Å²) in [5, 5.41) is 0. The molecule has 0 heterocycles. The van der Waals surface area contributed by atoms with Gasteiger partial charge in [-0.25, -0.2) is 0 Å². The van der Waals surface area contributed by atoms with E-state index in [1.807, 2.05) is 0 Å². The molecule has 24 valence electrons. The number of quaternary nitrogens is 1. The molecule has 0 saturated carbocycles. The molecule has 0 fully saturated rings. The van der Waals surface area contributed by atoms with Gasteiger partial charge in [-0.2, -0.15) is 0 Å². The third kappa shape index (κ3) is 431. The van der Waals surface area contributed by atoms with Crippen molar-refractivity contribution in [3.63, 3.8) is 0 Å². The largest absolute Gasteiger partial charge is 0.645 e. The Labute approximate surface area is 37.0 Å². The molecule has 0 aliphatic heterocycles. The Balaban J connectivity index is 3.02. The maximum Gasteiger partial charge on any atom is 0.310 e. The zero-order chi connectivity index (χ0) is 4.50. The first-order valence-corrected chi connectivity index (χ1v) is 1.79. The fourth-order valence-corrected chi connectivity index (χ4v) is 0. The maximum atomic E-state index is 2.12. The minimum atomic E-state index is 1.00. The highest BCUT2D eigenvalue weighted by Crippen LogP contribution is 1.64. The summed E-state index contributed by atoms with van der Waals surface area (Å²) < 4.78 is 1.00. The molecule has 1 nitrogen and oxygen atoms in total. The molecule has 5 heavy (non-hydrogen) atoms. The first-order valence-electron chi connectivity index (χ1n) is 1.79. The summed E-state index contributed by atoms with van der Waals surface area (Å²) in [6.07, 6.45) is 0. The van der Waals surface area contributed by atoms with Crippen LogP contribution in [0, 0.1) is 0 Å². The Kier molecular flexibility index (Phi) is 1.18. The van der Waals surface area contributed by atoms with Gasteiger partial charge in [0.15, 0.2) is 0 Å². The standard InChI is InChI=1S/B4H8N/c1-5(2,3)4/h1-4H2/q+1. The van der Waals surface area contributed by atoms with E-state index < -0.39 is 0 Å². The third-order valence-electron chi connectivity index (χ3n) is 0. The minimum absolute atomic E-state index is 1.00. The van der Waals surface area contributed by atoms with E-state index in [-0.39, 0.29) is 0 Å². The number of hydrogen-bond acceptors (Lipinski definition) is 0. The Morgan fingerprint density at radius 3 is 0.800 bits per heavy atom. The van der Waals surface area contributed by atoms with Crippen molar-refractivity contribution in [2.75, 3.05) is 0 Å². The summed E-state index contributed by atoms with van der Waals surface area (Å²) in [5.74, 6) is 0. The molecular weight excluding hydrogens is 57.3 g/mol. The van der Waals surface area contributed by atoms with Crippen molar-refractivity contribution in [2.24, 2.45) is 0 Å². The van der Waals surface area contributed by atoms with Crippen LogP contribution in [0.4, 0.5) is 0 Å². The Hall–Kier alpha value is 0.220. The summed E-state index contributed by atoms with van der Waals surface area (Å²) in [6.45, 7) is 0. The SMILES string of the molecule is B[N+](B)(B)B. The van der Waals surface area contributed by atoms with Crippen LogP contribution >= 0.6 is 0 Å². The molecule has 5 heteroatoms. The molecule has 0 bridgehead atoms. The average molecular weight is 65.3 g/mol. The van der Waals surface area contributed by atoms with Crippen LogP contribution in [0.5, 0.6) is 0 Å². The van der Waals surface area contributed by atoms with Gasteiger partial charge < -0.3 is 4.13 Å². The van der Waals surface area contributed by atoms with Crippen molar-refractivity contribution >= 4 is 31.9 Å². The number of hydrogen-bond donors (Lipinski definition) is 0. The van der Waals surface area contributed by atoms with Gasteiger partial charge in [-0.3, -0.25) is 0 Å². The predicted octanol–water partition coefficient (Wildman–Crippen LogP) is -4.00. The molecule has 0 aromatic rings. The van der Waals surface area contributed by atoms with Crippen molar-refractivity contribution in [2.45, 2.75) is 0 Å². The van der Waals surface area contributed by atoms with E-state index in [4.69, 9.17) is 0 Å². The smallest absolute Gasteiger partial charge is 0.310 e. The molecule has 0 rings (SSSR count). The first-order chi connectivity index (χ1) is 2.00. The van der Waals surface area contributed by atoms with Gasteiger partial charge in [-0.1, -0.05) is 0 Å². The van der Waals surface area contributed by atoms with Crippen LogP contribution in [0.2, 0.25) is 0 Å². The van der Waals surface area contributed by atoms with Crippen LogP contribution in [-0.4, -0.2) is 36.1 Å². The van der Waals surface area contributed by atoms with E-state index in [0.717, 1.165) is 4.13 Å². The van der Waals surface area contributed by atoms with E-state index in [2.05, 4.69) is 31.9 Å². The number of nitrogens with zero attached hydrogens (tertiary/aromatic N) is 1. The Morgan fingerprint density at radius 2 is 0.800 bits per heavy atom. The van der Waals surface area contributed by atoms with Crippen molar-refractivity contribution in [3.05, 3.63) is 0 Å². The molecule has 0 aromatic heterocycles. The normalized spacial score (nSPS) is 11.2. The summed E-state index contributed by atoms with van der Waals surface area (Å²) >= 11 is 0. The second-order valence-corrected chi connectivity index (χ2v) is 2.68.